The van der Waals surface area contributed by atoms with Gasteiger partial charge in [0.25, 0.3) is 5.91 Å². The summed E-state index contributed by atoms with van der Waals surface area (Å²) in [4.78, 5) is 20.6. The fraction of sp³-hybridized carbons (Fsp3) is 0.308. The molecule has 1 atom stereocenters. The van der Waals surface area contributed by atoms with Gasteiger partial charge in [0.2, 0.25) is 0 Å². The lowest BCUT2D eigenvalue weighted by Crippen LogP contribution is -2.37. The molecule has 0 spiro atoms. The van der Waals surface area contributed by atoms with E-state index in [1.165, 1.54) is 5.56 Å². The number of aromatic nitrogens is 1. The normalized spacial score (nSPS) is 16.0. The molecule has 2 heterocycles. The van der Waals surface area contributed by atoms with Crippen LogP contribution in [0.5, 0.6) is 5.75 Å². The Morgan fingerprint density at radius 3 is 2.72 bits per heavy atom. The molecule has 1 unspecified atom stereocenters. The monoisotopic (exact) mass is 446 g/mol. The molecular weight excluding hydrogens is 420 g/mol. The number of anilines is 1. The predicted molar refractivity (Wildman–Crippen MR) is 130 cm³/mol. The number of carbonyl (C=O) groups is 1. The minimum absolute atomic E-state index is 0.0167. The van der Waals surface area contributed by atoms with Crippen LogP contribution < -0.4 is 9.64 Å². The van der Waals surface area contributed by atoms with Gasteiger partial charge in [-0.3, -0.25) is 9.69 Å². The second kappa shape index (κ2) is 8.88. The number of amides is 1. The number of hydrogen-bond donors (Lipinski definition) is 0. The number of para-hydroxylation sites is 1. The van der Waals surface area contributed by atoms with Crippen LogP contribution in [0.4, 0.5) is 5.13 Å². The van der Waals surface area contributed by atoms with Gasteiger partial charge in [0.1, 0.15) is 5.75 Å². The molecule has 4 aromatic rings. The largest absolute Gasteiger partial charge is 0.496 e. The van der Waals surface area contributed by atoms with E-state index in [4.69, 9.17) is 14.5 Å². The highest BCUT2D eigenvalue weighted by molar-refractivity contribution is 7.22. The SMILES string of the molecule is CCc1cccc2sc(N(CC3CCCO3)C(=O)c3cc4ccccc4cc3OC)nc12. The van der Waals surface area contributed by atoms with E-state index >= 15 is 0 Å². The number of aryl methyl sites for hydroxylation is 1. The van der Waals surface area contributed by atoms with Crippen molar-refractivity contribution >= 4 is 43.4 Å². The summed E-state index contributed by atoms with van der Waals surface area (Å²) in [7, 11) is 1.61. The maximum Gasteiger partial charge on any atom is 0.263 e. The Balaban J connectivity index is 1.61. The van der Waals surface area contributed by atoms with Gasteiger partial charge in [-0.1, -0.05) is 54.7 Å². The summed E-state index contributed by atoms with van der Waals surface area (Å²) < 4.78 is 12.6. The van der Waals surface area contributed by atoms with Crippen molar-refractivity contribution in [3.8, 4) is 5.75 Å². The van der Waals surface area contributed by atoms with Gasteiger partial charge in [-0.05, 0) is 53.8 Å². The number of rotatable bonds is 6. The number of nitrogens with zero attached hydrogens (tertiary/aromatic N) is 2. The summed E-state index contributed by atoms with van der Waals surface area (Å²) in [5, 5.41) is 2.75. The minimum atomic E-state index is -0.111. The molecule has 3 aromatic carbocycles. The van der Waals surface area contributed by atoms with E-state index in [9.17, 15) is 4.79 Å². The Bertz CT molecular complexity index is 1280. The van der Waals surface area contributed by atoms with Gasteiger partial charge in [-0.25, -0.2) is 4.98 Å². The van der Waals surface area contributed by atoms with E-state index in [0.717, 1.165) is 46.9 Å². The van der Waals surface area contributed by atoms with Gasteiger partial charge in [0.05, 0.1) is 35.5 Å². The molecule has 164 valence electrons. The first-order chi connectivity index (χ1) is 15.7. The number of methoxy groups -OCH3 is 1. The zero-order valence-corrected chi connectivity index (χ0v) is 19.2. The smallest absolute Gasteiger partial charge is 0.263 e. The molecule has 1 aliphatic heterocycles. The predicted octanol–water partition coefficient (Wildman–Crippen LogP) is 5.85. The maximum atomic E-state index is 13.9. The number of benzene rings is 3. The molecule has 1 aromatic heterocycles. The molecule has 0 N–H and O–H groups in total. The highest BCUT2D eigenvalue weighted by atomic mass is 32.1. The molecule has 5 nitrogen and oxygen atoms in total. The van der Waals surface area contributed by atoms with Crippen molar-refractivity contribution in [3.63, 3.8) is 0 Å². The highest BCUT2D eigenvalue weighted by Crippen LogP contribution is 2.34. The van der Waals surface area contributed by atoms with Crippen LogP contribution in [-0.2, 0) is 11.2 Å². The van der Waals surface area contributed by atoms with Gasteiger partial charge in [-0.2, -0.15) is 0 Å². The lowest BCUT2D eigenvalue weighted by molar-refractivity contribution is 0.0915. The van der Waals surface area contributed by atoms with Crippen LogP contribution in [0.3, 0.4) is 0 Å². The molecule has 0 saturated carbocycles. The van der Waals surface area contributed by atoms with E-state index in [-0.39, 0.29) is 12.0 Å². The highest BCUT2D eigenvalue weighted by Gasteiger charge is 2.29. The molecular formula is C26H26N2O3S. The van der Waals surface area contributed by atoms with Crippen molar-refractivity contribution in [2.45, 2.75) is 32.3 Å². The lowest BCUT2D eigenvalue weighted by Gasteiger charge is -2.24. The van der Waals surface area contributed by atoms with E-state index in [1.54, 1.807) is 23.3 Å². The zero-order chi connectivity index (χ0) is 22.1. The first-order valence-corrected chi connectivity index (χ1v) is 11.9. The van der Waals surface area contributed by atoms with Crippen LogP contribution in [-0.4, -0.2) is 37.3 Å². The fourth-order valence-electron chi connectivity index (χ4n) is 4.34. The summed E-state index contributed by atoms with van der Waals surface area (Å²) in [6, 6.07) is 18.1. The summed E-state index contributed by atoms with van der Waals surface area (Å²) in [5.41, 5.74) is 2.71. The molecule has 0 radical (unpaired) electrons. The molecule has 32 heavy (non-hydrogen) atoms. The molecule has 1 aliphatic rings. The van der Waals surface area contributed by atoms with Gasteiger partial charge in [-0.15, -0.1) is 0 Å². The minimum Gasteiger partial charge on any atom is -0.496 e. The Hall–Kier alpha value is -2.96. The Kier molecular flexibility index (Phi) is 5.81. The summed E-state index contributed by atoms with van der Waals surface area (Å²) in [6.45, 7) is 3.35. The van der Waals surface area contributed by atoms with Crippen LogP contribution in [0.1, 0.15) is 35.7 Å². The molecule has 1 amide bonds. The second-order valence-electron chi connectivity index (χ2n) is 8.06. The third kappa shape index (κ3) is 3.85. The standard InChI is InChI=1S/C26H26N2O3S/c1-3-17-10-6-12-23-24(17)27-26(32-23)28(16-20-11-7-13-31-20)25(29)21-14-18-8-4-5-9-19(18)15-22(21)30-2/h4-6,8-10,12,14-15,20H,3,7,11,13,16H2,1-2H3. The van der Waals surface area contributed by atoms with Crippen molar-refractivity contribution in [2.24, 2.45) is 0 Å². The lowest BCUT2D eigenvalue weighted by atomic mass is 10.0. The average molecular weight is 447 g/mol. The molecule has 0 aliphatic carbocycles. The summed E-state index contributed by atoms with van der Waals surface area (Å²) >= 11 is 1.56. The third-order valence-corrected chi connectivity index (χ3v) is 7.10. The Morgan fingerprint density at radius 1 is 1.19 bits per heavy atom. The van der Waals surface area contributed by atoms with Crippen LogP contribution in [0.15, 0.2) is 54.6 Å². The zero-order valence-electron chi connectivity index (χ0n) is 18.3. The van der Waals surface area contributed by atoms with Crippen LogP contribution in [0.2, 0.25) is 0 Å². The van der Waals surface area contributed by atoms with E-state index < -0.39 is 0 Å². The number of carbonyl (C=O) groups excluding carboxylic acids is 1. The number of ether oxygens (including phenoxy) is 2. The van der Waals surface area contributed by atoms with Gasteiger partial charge < -0.3 is 9.47 Å². The molecule has 6 heteroatoms. The Labute approximate surface area is 191 Å². The van der Waals surface area contributed by atoms with Crippen molar-refractivity contribution in [2.75, 3.05) is 25.2 Å². The Morgan fingerprint density at radius 2 is 2.00 bits per heavy atom. The van der Waals surface area contributed by atoms with Crippen molar-refractivity contribution in [1.82, 2.24) is 4.98 Å². The van der Waals surface area contributed by atoms with Crippen molar-refractivity contribution in [3.05, 3.63) is 65.7 Å². The van der Waals surface area contributed by atoms with Crippen LogP contribution >= 0.6 is 11.3 Å². The average Bonchev–Trinajstić information content (AvgIpc) is 3.50. The second-order valence-corrected chi connectivity index (χ2v) is 9.07. The van der Waals surface area contributed by atoms with E-state index in [1.807, 2.05) is 36.4 Å². The topological polar surface area (TPSA) is 51.7 Å². The first kappa shape index (κ1) is 20.9. The third-order valence-electron chi connectivity index (χ3n) is 6.06. The van der Waals surface area contributed by atoms with E-state index in [2.05, 4.69) is 25.1 Å². The molecule has 1 fully saturated rings. The van der Waals surface area contributed by atoms with Gasteiger partial charge in [0, 0.05) is 6.61 Å². The molecule has 5 rings (SSSR count). The molecule has 1 saturated heterocycles. The molecule has 0 bridgehead atoms. The number of fused-ring (bicyclic) bond motifs is 2. The summed E-state index contributed by atoms with van der Waals surface area (Å²) in [5.74, 6) is 0.460. The summed E-state index contributed by atoms with van der Waals surface area (Å²) in [6.07, 6.45) is 2.89. The maximum absolute atomic E-state index is 13.9. The quantitative estimate of drug-likeness (QED) is 0.373. The van der Waals surface area contributed by atoms with Crippen molar-refractivity contribution in [1.29, 1.82) is 0 Å². The number of hydrogen-bond acceptors (Lipinski definition) is 5. The fourth-order valence-corrected chi connectivity index (χ4v) is 5.36. The van der Waals surface area contributed by atoms with E-state index in [0.29, 0.717) is 23.0 Å². The van der Waals surface area contributed by atoms with Crippen LogP contribution in [0, 0.1) is 0 Å². The van der Waals surface area contributed by atoms with Crippen LogP contribution in [0.25, 0.3) is 21.0 Å². The number of thiazole rings is 1. The first-order valence-electron chi connectivity index (χ1n) is 11.1. The van der Waals surface area contributed by atoms with Gasteiger partial charge in [0.15, 0.2) is 5.13 Å². The van der Waals surface area contributed by atoms with Gasteiger partial charge >= 0.3 is 0 Å². The van der Waals surface area contributed by atoms with Crippen molar-refractivity contribution < 1.29 is 14.3 Å².